The number of nitrogens with zero attached hydrogens (tertiary/aromatic N) is 6. The summed E-state index contributed by atoms with van der Waals surface area (Å²) in [6.45, 7) is 5.39. The Kier molecular flexibility index (Phi) is 6.74. The zero-order valence-corrected chi connectivity index (χ0v) is 17.5. The zero-order chi connectivity index (χ0) is 20.1. The summed E-state index contributed by atoms with van der Waals surface area (Å²) in [5, 5.41) is 12.6. The Bertz CT molecular complexity index is 768. The minimum atomic E-state index is -0.0382. The quantitative estimate of drug-likeness (QED) is 0.671. The molecule has 0 amide bonds. The van der Waals surface area contributed by atoms with E-state index in [1.165, 1.54) is 25.7 Å². The van der Waals surface area contributed by atoms with Crippen LogP contribution >= 0.6 is 0 Å². The Morgan fingerprint density at radius 3 is 2.55 bits per heavy atom. The number of ether oxygens (including phenoxy) is 2. The lowest BCUT2D eigenvalue weighted by molar-refractivity contribution is 0.0756. The van der Waals surface area contributed by atoms with E-state index in [-0.39, 0.29) is 6.04 Å². The lowest BCUT2D eigenvalue weighted by Crippen LogP contribution is -2.51. The van der Waals surface area contributed by atoms with Crippen LogP contribution in [0.4, 0.5) is 0 Å². The average Bonchev–Trinajstić information content (AvgIpc) is 3.46. The van der Waals surface area contributed by atoms with E-state index in [1.807, 2.05) is 16.8 Å². The first kappa shape index (κ1) is 20.3. The third-order valence-corrected chi connectivity index (χ3v) is 6.30. The summed E-state index contributed by atoms with van der Waals surface area (Å²) in [6.07, 6.45) is 5.46. The van der Waals surface area contributed by atoms with Crippen molar-refractivity contribution in [3.63, 3.8) is 0 Å². The number of benzene rings is 1. The van der Waals surface area contributed by atoms with E-state index in [4.69, 9.17) is 9.47 Å². The van der Waals surface area contributed by atoms with E-state index in [1.54, 1.807) is 14.2 Å². The van der Waals surface area contributed by atoms with Gasteiger partial charge in [-0.15, -0.1) is 5.10 Å². The van der Waals surface area contributed by atoms with Crippen LogP contribution in [0, 0.1) is 0 Å². The Balaban J connectivity index is 1.60. The molecule has 2 fully saturated rings. The SMILES string of the molecule is COCCn1nnnc1[C@H](c1ccccc1OC)N1CCN(C2CCCC2)CC1. The highest BCUT2D eigenvalue weighted by atomic mass is 16.5. The first-order chi connectivity index (χ1) is 14.3. The smallest absolute Gasteiger partial charge is 0.173 e. The molecule has 0 bridgehead atoms. The van der Waals surface area contributed by atoms with Crippen LogP contribution in [0.1, 0.15) is 43.1 Å². The maximum atomic E-state index is 5.70. The molecule has 0 N–H and O–H groups in total. The first-order valence-corrected chi connectivity index (χ1v) is 10.7. The van der Waals surface area contributed by atoms with Gasteiger partial charge in [-0.25, -0.2) is 4.68 Å². The van der Waals surface area contributed by atoms with Gasteiger partial charge < -0.3 is 9.47 Å². The lowest BCUT2D eigenvalue weighted by atomic mass is 10.0. The van der Waals surface area contributed by atoms with Crippen LogP contribution in [-0.4, -0.2) is 83.1 Å². The number of tetrazole rings is 1. The summed E-state index contributed by atoms with van der Waals surface area (Å²) in [7, 11) is 3.42. The van der Waals surface area contributed by atoms with Crippen molar-refractivity contribution >= 4 is 0 Å². The Morgan fingerprint density at radius 1 is 1.07 bits per heavy atom. The number of rotatable bonds is 8. The molecule has 1 aromatic heterocycles. The van der Waals surface area contributed by atoms with Crippen LogP contribution in [0.15, 0.2) is 24.3 Å². The molecule has 29 heavy (non-hydrogen) atoms. The number of para-hydroxylation sites is 1. The largest absolute Gasteiger partial charge is 0.496 e. The lowest BCUT2D eigenvalue weighted by Gasteiger charge is -2.41. The Labute approximate surface area is 172 Å². The second-order valence-corrected chi connectivity index (χ2v) is 7.91. The van der Waals surface area contributed by atoms with Gasteiger partial charge in [0.25, 0.3) is 0 Å². The molecule has 2 aliphatic rings. The molecule has 1 aromatic carbocycles. The van der Waals surface area contributed by atoms with Crippen molar-refractivity contribution in [2.24, 2.45) is 0 Å². The van der Waals surface area contributed by atoms with E-state index >= 15 is 0 Å². The van der Waals surface area contributed by atoms with Crippen molar-refractivity contribution in [1.82, 2.24) is 30.0 Å². The van der Waals surface area contributed by atoms with Gasteiger partial charge in [-0.1, -0.05) is 31.0 Å². The molecular weight excluding hydrogens is 368 g/mol. The maximum Gasteiger partial charge on any atom is 0.173 e. The van der Waals surface area contributed by atoms with Gasteiger partial charge in [0, 0.05) is 44.9 Å². The van der Waals surface area contributed by atoms with E-state index in [2.05, 4.69) is 37.5 Å². The van der Waals surface area contributed by atoms with Gasteiger partial charge in [-0.3, -0.25) is 9.80 Å². The molecule has 8 nitrogen and oxygen atoms in total. The van der Waals surface area contributed by atoms with Gasteiger partial charge in [0.2, 0.25) is 0 Å². The summed E-state index contributed by atoms with van der Waals surface area (Å²) in [5.74, 6) is 1.72. The Morgan fingerprint density at radius 2 is 1.83 bits per heavy atom. The summed E-state index contributed by atoms with van der Waals surface area (Å²) in [4.78, 5) is 5.18. The van der Waals surface area contributed by atoms with Gasteiger partial charge in [0.15, 0.2) is 5.82 Å². The fraction of sp³-hybridized carbons (Fsp3) is 0.667. The fourth-order valence-electron chi connectivity index (χ4n) is 4.77. The van der Waals surface area contributed by atoms with E-state index in [9.17, 15) is 0 Å². The molecule has 4 rings (SSSR count). The van der Waals surface area contributed by atoms with Crippen LogP contribution in [0.5, 0.6) is 5.75 Å². The normalized spacial score (nSPS) is 20.2. The predicted molar refractivity (Wildman–Crippen MR) is 110 cm³/mol. The van der Waals surface area contributed by atoms with Gasteiger partial charge in [-0.05, 0) is 29.3 Å². The standard InChI is InChI=1S/C21H32N6O2/c1-28-16-15-27-21(22-23-24-27)20(18-9-5-6-10-19(18)29-2)26-13-11-25(12-14-26)17-7-3-4-8-17/h5-6,9-10,17,20H,3-4,7-8,11-16H2,1-2H3/t20-/m0/s1. The van der Waals surface area contributed by atoms with Crippen molar-refractivity contribution in [3.05, 3.63) is 35.7 Å². The topological polar surface area (TPSA) is 68.5 Å². The van der Waals surface area contributed by atoms with Crippen LogP contribution in [-0.2, 0) is 11.3 Å². The van der Waals surface area contributed by atoms with E-state index in [0.717, 1.165) is 49.4 Å². The molecule has 0 radical (unpaired) electrons. The number of aromatic nitrogens is 4. The molecule has 8 heteroatoms. The molecule has 2 aromatic rings. The van der Waals surface area contributed by atoms with Crippen LogP contribution in [0.25, 0.3) is 0 Å². The van der Waals surface area contributed by atoms with Crippen LogP contribution in [0.2, 0.25) is 0 Å². The zero-order valence-electron chi connectivity index (χ0n) is 17.5. The highest BCUT2D eigenvalue weighted by Crippen LogP contribution is 2.35. The van der Waals surface area contributed by atoms with Gasteiger partial charge >= 0.3 is 0 Å². The van der Waals surface area contributed by atoms with Crippen molar-refractivity contribution in [2.75, 3.05) is 47.0 Å². The molecule has 1 atom stereocenters. The fourth-order valence-corrected chi connectivity index (χ4v) is 4.77. The van der Waals surface area contributed by atoms with Gasteiger partial charge in [-0.2, -0.15) is 0 Å². The van der Waals surface area contributed by atoms with Crippen LogP contribution in [0.3, 0.4) is 0 Å². The highest BCUT2D eigenvalue weighted by Gasteiger charge is 2.34. The van der Waals surface area contributed by atoms with Crippen LogP contribution < -0.4 is 4.74 Å². The predicted octanol–water partition coefficient (Wildman–Crippen LogP) is 1.98. The third-order valence-electron chi connectivity index (χ3n) is 6.30. The van der Waals surface area contributed by atoms with E-state index in [0.29, 0.717) is 13.2 Å². The molecule has 1 aliphatic carbocycles. The number of methoxy groups -OCH3 is 2. The van der Waals surface area contributed by atoms with Gasteiger partial charge in [0.05, 0.1) is 20.3 Å². The summed E-state index contributed by atoms with van der Waals surface area (Å²) in [5.41, 5.74) is 1.11. The number of hydrogen-bond acceptors (Lipinski definition) is 7. The molecule has 158 valence electrons. The maximum absolute atomic E-state index is 5.70. The summed E-state index contributed by atoms with van der Waals surface area (Å²) in [6, 6.07) is 8.94. The minimum Gasteiger partial charge on any atom is -0.496 e. The molecule has 0 spiro atoms. The molecule has 1 saturated heterocycles. The van der Waals surface area contributed by atoms with Gasteiger partial charge in [0.1, 0.15) is 11.8 Å². The average molecular weight is 401 g/mol. The van der Waals surface area contributed by atoms with Crippen molar-refractivity contribution < 1.29 is 9.47 Å². The first-order valence-electron chi connectivity index (χ1n) is 10.7. The third kappa shape index (κ3) is 4.44. The number of hydrogen-bond donors (Lipinski definition) is 0. The van der Waals surface area contributed by atoms with Crippen molar-refractivity contribution in [3.8, 4) is 5.75 Å². The minimum absolute atomic E-state index is 0.0382. The monoisotopic (exact) mass is 400 g/mol. The van der Waals surface area contributed by atoms with Crippen molar-refractivity contribution in [1.29, 1.82) is 0 Å². The molecule has 2 heterocycles. The van der Waals surface area contributed by atoms with Crippen molar-refractivity contribution in [2.45, 2.75) is 44.3 Å². The molecule has 1 aliphatic heterocycles. The molecule has 1 saturated carbocycles. The second-order valence-electron chi connectivity index (χ2n) is 7.91. The second kappa shape index (κ2) is 9.65. The summed E-state index contributed by atoms with van der Waals surface area (Å²) >= 11 is 0. The molecule has 0 unspecified atom stereocenters. The van der Waals surface area contributed by atoms with E-state index < -0.39 is 0 Å². The highest BCUT2D eigenvalue weighted by molar-refractivity contribution is 5.39. The Hall–Kier alpha value is -2.03. The number of piperazine rings is 1. The summed E-state index contributed by atoms with van der Waals surface area (Å²) < 4.78 is 12.8. The molecular formula is C21H32N6O2.